The number of rotatable bonds is 20. The highest BCUT2D eigenvalue weighted by Crippen LogP contribution is 2.45. The molecule has 0 fully saturated rings. The molecule has 0 heterocycles. The van der Waals surface area contributed by atoms with Crippen molar-refractivity contribution in [1.82, 2.24) is 0 Å². The van der Waals surface area contributed by atoms with Gasteiger partial charge in [-0.2, -0.15) is 0 Å². The smallest absolute Gasteiger partial charge is 0.338 e. The van der Waals surface area contributed by atoms with E-state index in [0.717, 1.165) is 24.6 Å². The van der Waals surface area contributed by atoms with E-state index in [1.807, 2.05) is 37.3 Å². The second-order valence-electron chi connectivity index (χ2n) is 17.2. The Labute approximate surface area is 335 Å². The van der Waals surface area contributed by atoms with Crippen molar-refractivity contribution in [3.8, 4) is 0 Å². The van der Waals surface area contributed by atoms with Gasteiger partial charge in [-0.25, -0.2) is 4.79 Å². The van der Waals surface area contributed by atoms with Gasteiger partial charge in [-0.3, -0.25) is 0 Å². The summed E-state index contributed by atoms with van der Waals surface area (Å²) in [6.07, 6.45) is 3.35. The molecule has 0 spiro atoms. The van der Waals surface area contributed by atoms with Crippen LogP contribution in [0.3, 0.4) is 0 Å². The molecule has 3 aromatic rings. The summed E-state index contributed by atoms with van der Waals surface area (Å²) < 4.78 is 33.5. The molecule has 0 saturated carbocycles. The maximum absolute atomic E-state index is 14.0. The van der Waals surface area contributed by atoms with Gasteiger partial charge in [-0.1, -0.05) is 146 Å². The van der Waals surface area contributed by atoms with Crippen LogP contribution in [0.1, 0.15) is 92.4 Å². The average Bonchev–Trinajstić information content (AvgIpc) is 3.19. The molecule has 1 aliphatic carbocycles. The van der Waals surface area contributed by atoms with Gasteiger partial charge in [0.1, 0.15) is 18.5 Å². The number of ether oxygens (including phenoxy) is 3. The van der Waals surface area contributed by atoms with Crippen molar-refractivity contribution < 1.29 is 27.9 Å². The van der Waals surface area contributed by atoms with Crippen molar-refractivity contribution in [2.45, 2.75) is 117 Å². The highest BCUT2D eigenvalue weighted by atomic mass is 28.4. The summed E-state index contributed by atoms with van der Waals surface area (Å²) in [4.78, 5) is 14.0. The van der Waals surface area contributed by atoms with E-state index < -0.39 is 28.3 Å². The second kappa shape index (κ2) is 20.0. The number of carbonyl (C=O) groups is 1. The molecule has 0 unspecified atom stereocenters. The lowest BCUT2D eigenvalue weighted by Gasteiger charge is -2.48. The van der Waals surface area contributed by atoms with Crippen molar-refractivity contribution >= 4 is 33.0 Å². The average molecular weight is 787 g/mol. The normalized spacial score (nSPS) is 19.8. The quantitative estimate of drug-likeness (QED) is 0.0492. The maximum Gasteiger partial charge on any atom is 0.338 e. The predicted molar refractivity (Wildman–Crippen MR) is 232 cm³/mol. The van der Waals surface area contributed by atoms with E-state index in [1.54, 1.807) is 7.11 Å². The van der Waals surface area contributed by atoms with Crippen LogP contribution < -0.4 is 10.4 Å². The molecular formula is C47H70O6Si2. The fourth-order valence-electron chi connectivity index (χ4n) is 8.83. The van der Waals surface area contributed by atoms with E-state index in [9.17, 15) is 4.79 Å². The molecule has 8 heteroatoms. The van der Waals surface area contributed by atoms with Gasteiger partial charge in [0.05, 0.1) is 12.2 Å². The number of benzene rings is 3. The highest BCUT2D eigenvalue weighted by Gasteiger charge is 2.52. The molecule has 55 heavy (non-hydrogen) atoms. The molecule has 0 aliphatic heterocycles. The molecule has 0 aromatic heterocycles. The van der Waals surface area contributed by atoms with Crippen LogP contribution in [0.15, 0.2) is 103 Å². The Morgan fingerprint density at radius 2 is 1.33 bits per heavy atom. The first-order chi connectivity index (χ1) is 26.2. The number of allylic oxidation sites excluding steroid dienone is 2. The third kappa shape index (κ3) is 10.6. The fourth-order valence-corrected chi connectivity index (χ4v) is 16.1. The topological polar surface area (TPSA) is 63.2 Å². The molecule has 6 nitrogen and oxygen atoms in total. The van der Waals surface area contributed by atoms with Crippen LogP contribution >= 0.6 is 0 Å². The van der Waals surface area contributed by atoms with Gasteiger partial charge >= 0.3 is 5.97 Å². The number of hydrogen-bond acceptors (Lipinski definition) is 6. The van der Waals surface area contributed by atoms with E-state index in [2.05, 4.69) is 129 Å². The summed E-state index contributed by atoms with van der Waals surface area (Å²) >= 11 is 0. The maximum atomic E-state index is 14.0. The minimum absolute atomic E-state index is 0.0622. The summed E-state index contributed by atoms with van der Waals surface area (Å²) in [5, 5.41) is 2.40. The zero-order chi connectivity index (χ0) is 40.3. The SMILES string of the molecule is CC[Si](CC)(CC)OC[C@](C)(OCOC)[C@@H](C[C@H]1C(C)=CC[C@H](C(C)C)[C@H]1CO[Si](c1ccccc1)(c1ccccc1)C(C)(C)C)OC(=O)c1ccccc1. The number of hydrogen-bond donors (Lipinski definition) is 0. The van der Waals surface area contributed by atoms with E-state index >= 15 is 0 Å². The molecule has 0 bridgehead atoms. The summed E-state index contributed by atoms with van der Waals surface area (Å²) in [6, 6.07) is 34.1. The molecule has 4 rings (SSSR count). The van der Waals surface area contributed by atoms with Crippen molar-refractivity contribution in [3.63, 3.8) is 0 Å². The highest BCUT2D eigenvalue weighted by molar-refractivity contribution is 6.99. The minimum atomic E-state index is -2.82. The molecule has 0 N–H and O–H groups in total. The summed E-state index contributed by atoms with van der Waals surface area (Å²) in [7, 11) is -3.21. The Kier molecular flexibility index (Phi) is 16.3. The van der Waals surface area contributed by atoms with Gasteiger partial charge in [-0.05, 0) is 96.0 Å². The van der Waals surface area contributed by atoms with Crippen molar-refractivity contribution in [3.05, 3.63) is 108 Å². The van der Waals surface area contributed by atoms with Crippen LogP contribution in [0, 0.1) is 23.7 Å². The first-order valence-electron chi connectivity index (χ1n) is 20.6. The van der Waals surface area contributed by atoms with Crippen LogP contribution in [-0.4, -0.2) is 61.4 Å². The minimum Gasteiger partial charge on any atom is -0.456 e. The molecule has 3 aromatic carbocycles. The van der Waals surface area contributed by atoms with E-state index in [4.69, 9.17) is 23.1 Å². The monoisotopic (exact) mass is 786 g/mol. The van der Waals surface area contributed by atoms with Crippen LogP contribution in [0.25, 0.3) is 0 Å². The molecule has 0 saturated heterocycles. The standard InChI is InChI=1S/C47H70O6Si2/c1-12-54(13-2,14-3)52-34-47(10,50-35-49-11)44(53-45(48)38-24-18-15-19-25-38)32-42-37(6)30-31-41(36(4)5)43(42)33-51-55(46(7,8)9,39-26-20-16-21-27-39)40-28-22-17-23-29-40/h15-30,36,41-44H,12-14,31-35H2,1-11H3/t41-,42+,43-,44-,47+/m1/s1. The molecule has 0 amide bonds. The summed E-state index contributed by atoms with van der Waals surface area (Å²) in [6.45, 7) is 23.7. The Hall–Kier alpha value is -2.86. The van der Waals surface area contributed by atoms with Gasteiger partial charge in [0, 0.05) is 13.7 Å². The predicted octanol–water partition coefficient (Wildman–Crippen LogP) is 10.4. The van der Waals surface area contributed by atoms with Crippen molar-refractivity contribution in [2.24, 2.45) is 23.7 Å². The van der Waals surface area contributed by atoms with Crippen LogP contribution in [0.4, 0.5) is 0 Å². The zero-order valence-corrected chi connectivity index (χ0v) is 37.7. The summed E-state index contributed by atoms with van der Waals surface area (Å²) in [5.41, 5.74) is 0.861. The lowest BCUT2D eigenvalue weighted by atomic mass is 9.66. The molecule has 302 valence electrons. The number of methoxy groups -OCH3 is 1. The first kappa shape index (κ1) is 44.9. The van der Waals surface area contributed by atoms with E-state index in [-0.39, 0.29) is 29.6 Å². The number of esters is 1. The van der Waals surface area contributed by atoms with E-state index in [1.165, 1.54) is 15.9 Å². The van der Waals surface area contributed by atoms with Gasteiger partial charge in [0.2, 0.25) is 0 Å². The number of carbonyl (C=O) groups excluding carboxylic acids is 1. The molecule has 0 radical (unpaired) electrons. The van der Waals surface area contributed by atoms with Crippen molar-refractivity contribution in [2.75, 3.05) is 27.1 Å². The van der Waals surface area contributed by atoms with Crippen LogP contribution in [0.2, 0.25) is 23.2 Å². The second-order valence-corrected chi connectivity index (χ2v) is 26.3. The van der Waals surface area contributed by atoms with Gasteiger partial charge in [0.15, 0.2) is 8.32 Å². The van der Waals surface area contributed by atoms with Crippen molar-refractivity contribution in [1.29, 1.82) is 0 Å². The third-order valence-corrected chi connectivity index (χ3v) is 22.3. The summed E-state index contributed by atoms with van der Waals surface area (Å²) in [5.74, 6) is 0.687. The largest absolute Gasteiger partial charge is 0.456 e. The first-order valence-corrected chi connectivity index (χ1v) is 25.1. The van der Waals surface area contributed by atoms with Gasteiger partial charge in [0.25, 0.3) is 8.32 Å². The van der Waals surface area contributed by atoms with Gasteiger partial charge in [-0.15, -0.1) is 0 Å². The Bertz CT molecular complexity index is 1570. The zero-order valence-electron chi connectivity index (χ0n) is 35.7. The lowest BCUT2D eigenvalue weighted by molar-refractivity contribution is -0.187. The Morgan fingerprint density at radius 1 is 0.800 bits per heavy atom. The van der Waals surface area contributed by atoms with Crippen LogP contribution in [-0.2, 0) is 23.1 Å². The lowest BCUT2D eigenvalue weighted by Crippen LogP contribution is -2.67. The molecular weight excluding hydrogens is 717 g/mol. The molecule has 1 aliphatic rings. The Balaban J connectivity index is 1.83. The fraction of sp³-hybridized carbons (Fsp3) is 0.553. The molecule has 5 atom stereocenters. The van der Waals surface area contributed by atoms with Gasteiger partial charge < -0.3 is 23.1 Å². The third-order valence-electron chi connectivity index (χ3n) is 12.6. The Morgan fingerprint density at radius 3 is 1.80 bits per heavy atom. The van der Waals surface area contributed by atoms with Crippen LogP contribution in [0.5, 0.6) is 0 Å². The van der Waals surface area contributed by atoms with E-state index in [0.29, 0.717) is 37.0 Å².